The van der Waals surface area contributed by atoms with Gasteiger partial charge >= 0.3 is 0 Å². The van der Waals surface area contributed by atoms with Crippen LogP contribution in [0.5, 0.6) is 0 Å². The zero-order valence-electron chi connectivity index (χ0n) is 14.8. The summed E-state index contributed by atoms with van der Waals surface area (Å²) in [7, 11) is 0. The van der Waals surface area contributed by atoms with Crippen LogP contribution in [-0.4, -0.2) is 29.0 Å². The normalized spacial score (nSPS) is 27.2. The Kier molecular flexibility index (Phi) is 4.61. The van der Waals surface area contributed by atoms with Crippen molar-refractivity contribution in [3.63, 3.8) is 0 Å². The monoisotopic (exact) mass is 359 g/mol. The molecule has 1 fully saturated rings. The SMILES string of the molecule is Cc1nc2c(o1)CN([C@H]1CC[C@@](CN)(c3cccc(Cl)c3)CC1)CC2. The number of fused-ring (bicyclic) bond motifs is 1. The van der Waals surface area contributed by atoms with E-state index in [0.717, 1.165) is 54.7 Å². The van der Waals surface area contributed by atoms with Gasteiger partial charge in [-0.3, -0.25) is 4.90 Å². The average Bonchev–Trinajstić information content (AvgIpc) is 3.01. The number of aryl methyl sites for hydroxylation is 1. The molecule has 0 amide bonds. The van der Waals surface area contributed by atoms with E-state index in [1.54, 1.807) is 0 Å². The zero-order chi connectivity index (χ0) is 17.4. The second-order valence-electron chi connectivity index (χ2n) is 7.55. The van der Waals surface area contributed by atoms with E-state index in [1.165, 1.54) is 18.4 Å². The van der Waals surface area contributed by atoms with Crippen molar-refractivity contribution >= 4 is 11.6 Å². The van der Waals surface area contributed by atoms with Gasteiger partial charge in [0.1, 0.15) is 5.76 Å². The molecule has 1 aliphatic carbocycles. The van der Waals surface area contributed by atoms with Gasteiger partial charge in [0.25, 0.3) is 0 Å². The van der Waals surface area contributed by atoms with Gasteiger partial charge < -0.3 is 10.2 Å². The number of nitrogens with two attached hydrogens (primary N) is 1. The maximum atomic E-state index is 6.23. The minimum atomic E-state index is 0.0746. The Morgan fingerprint density at radius 2 is 2.16 bits per heavy atom. The third-order valence-electron chi connectivity index (χ3n) is 6.12. The highest BCUT2D eigenvalue weighted by Crippen LogP contribution is 2.41. The lowest BCUT2D eigenvalue weighted by atomic mass is 9.68. The third-order valence-corrected chi connectivity index (χ3v) is 6.36. The molecule has 25 heavy (non-hydrogen) atoms. The van der Waals surface area contributed by atoms with Gasteiger partial charge in [-0.25, -0.2) is 4.98 Å². The first-order chi connectivity index (χ1) is 12.1. The van der Waals surface area contributed by atoms with E-state index < -0.39 is 0 Å². The van der Waals surface area contributed by atoms with Crippen molar-refractivity contribution in [3.8, 4) is 0 Å². The van der Waals surface area contributed by atoms with Gasteiger partial charge in [0.15, 0.2) is 5.89 Å². The molecule has 4 rings (SSSR count). The molecule has 4 nitrogen and oxygen atoms in total. The van der Waals surface area contributed by atoms with Crippen molar-refractivity contribution in [2.75, 3.05) is 13.1 Å². The molecule has 5 heteroatoms. The molecule has 0 spiro atoms. The fourth-order valence-corrected chi connectivity index (χ4v) is 4.80. The summed E-state index contributed by atoms with van der Waals surface area (Å²) in [5.74, 6) is 1.85. The van der Waals surface area contributed by atoms with Crippen molar-refractivity contribution in [3.05, 3.63) is 52.2 Å². The molecule has 0 atom stereocenters. The van der Waals surface area contributed by atoms with E-state index in [1.807, 2.05) is 19.1 Å². The second-order valence-corrected chi connectivity index (χ2v) is 7.99. The van der Waals surface area contributed by atoms with E-state index in [0.29, 0.717) is 12.6 Å². The molecule has 0 saturated heterocycles. The predicted octanol–water partition coefficient (Wildman–Crippen LogP) is 3.83. The second kappa shape index (κ2) is 6.75. The van der Waals surface area contributed by atoms with Crippen LogP contribution in [0.25, 0.3) is 0 Å². The first kappa shape index (κ1) is 17.1. The van der Waals surface area contributed by atoms with Gasteiger partial charge in [0, 0.05) is 42.9 Å². The summed E-state index contributed by atoms with van der Waals surface area (Å²) < 4.78 is 5.78. The van der Waals surface area contributed by atoms with E-state index in [4.69, 9.17) is 21.8 Å². The molecule has 134 valence electrons. The number of aromatic nitrogens is 1. The van der Waals surface area contributed by atoms with Crippen LogP contribution in [0.3, 0.4) is 0 Å². The Labute approximate surface area is 154 Å². The summed E-state index contributed by atoms with van der Waals surface area (Å²) in [6.07, 6.45) is 5.58. The number of rotatable bonds is 3. The summed E-state index contributed by atoms with van der Waals surface area (Å²) in [5.41, 5.74) is 8.76. The Morgan fingerprint density at radius 1 is 1.36 bits per heavy atom. The maximum Gasteiger partial charge on any atom is 0.191 e. The fraction of sp³-hybridized carbons (Fsp3) is 0.550. The highest BCUT2D eigenvalue weighted by atomic mass is 35.5. The molecule has 2 aromatic rings. The summed E-state index contributed by atoms with van der Waals surface area (Å²) >= 11 is 6.22. The van der Waals surface area contributed by atoms with Crippen LogP contribution < -0.4 is 5.73 Å². The summed E-state index contributed by atoms with van der Waals surface area (Å²) in [5, 5.41) is 0.802. The van der Waals surface area contributed by atoms with Crippen molar-refractivity contribution < 1.29 is 4.42 Å². The fourth-order valence-electron chi connectivity index (χ4n) is 4.61. The first-order valence-corrected chi connectivity index (χ1v) is 9.63. The lowest BCUT2D eigenvalue weighted by Gasteiger charge is -2.44. The number of benzene rings is 1. The largest absolute Gasteiger partial charge is 0.444 e. The molecule has 2 N–H and O–H groups in total. The van der Waals surface area contributed by atoms with Crippen molar-refractivity contribution in [2.45, 2.75) is 57.0 Å². The lowest BCUT2D eigenvalue weighted by Crippen LogP contribution is -2.46. The molecule has 0 radical (unpaired) electrons. The standard InChI is InChI=1S/C20H26ClN3O/c1-14-23-18-7-10-24(12-19(18)25-14)17-5-8-20(13-22,9-6-17)15-3-2-4-16(21)11-15/h2-4,11,17H,5-10,12-13,22H2,1H3/t17-,20+. The predicted molar refractivity (Wildman–Crippen MR) is 99.8 cm³/mol. The Hall–Kier alpha value is -1.36. The molecular formula is C20H26ClN3O. The number of hydrogen-bond donors (Lipinski definition) is 1. The topological polar surface area (TPSA) is 55.3 Å². The van der Waals surface area contributed by atoms with E-state index in [9.17, 15) is 0 Å². The zero-order valence-corrected chi connectivity index (χ0v) is 15.6. The number of oxazole rings is 1. The Balaban J connectivity index is 1.46. The summed E-state index contributed by atoms with van der Waals surface area (Å²) in [4.78, 5) is 7.07. The van der Waals surface area contributed by atoms with Crippen LogP contribution in [0.1, 0.15) is 48.6 Å². The maximum absolute atomic E-state index is 6.23. The highest BCUT2D eigenvalue weighted by Gasteiger charge is 2.38. The van der Waals surface area contributed by atoms with Crippen LogP contribution in [0.4, 0.5) is 0 Å². The Bertz CT molecular complexity index is 749. The molecule has 1 aliphatic heterocycles. The van der Waals surface area contributed by atoms with Crippen LogP contribution in [-0.2, 0) is 18.4 Å². The average molecular weight is 360 g/mol. The van der Waals surface area contributed by atoms with Gasteiger partial charge in [-0.05, 0) is 43.4 Å². The van der Waals surface area contributed by atoms with E-state index in [2.05, 4.69) is 22.0 Å². The van der Waals surface area contributed by atoms with Gasteiger partial charge in [-0.2, -0.15) is 0 Å². The number of nitrogens with zero attached hydrogens (tertiary/aromatic N) is 2. The summed E-state index contributed by atoms with van der Waals surface area (Å²) in [6, 6.07) is 8.87. The van der Waals surface area contributed by atoms with Crippen LogP contribution >= 0.6 is 11.6 Å². The van der Waals surface area contributed by atoms with Crippen molar-refractivity contribution in [2.24, 2.45) is 5.73 Å². The minimum absolute atomic E-state index is 0.0746. The van der Waals surface area contributed by atoms with Crippen molar-refractivity contribution in [1.82, 2.24) is 9.88 Å². The quantitative estimate of drug-likeness (QED) is 0.904. The molecule has 2 heterocycles. The van der Waals surface area contributed by atoms with Gasteiger partial charge in [0.2, 0.25) is 0 Å². The van der Waals surface area contributed by atoms with Crippen LogP contribution in [0.2, 0.25) is 5.02 Å². The van der Waals surface area contributed by atoms with Gasteiger partial charge in [-0.1, -0.05) is 23.7 Å². The smallest absolute Gasteiger partial charge is 0.191 e. The molecule has 1 aromatic heterocycles. The van der Waals surface area contributed by atoms with Crippen LogP contribution in [0, 0.1) is 6.92 Å². The van der Waals surface area contributed by atoms with Crippen molar-refractivity contribution in [1.29, 1.82) is 0 Å². The third kappa shape index (κ3) is 3.23. The summed E-state index contributed by atoms with van der Waals surface area (Å²) in [6.45, 7) is 4.60. The van der Waals surface area contributed by atoms with Gasteiger partial charge in [-0.15, -0.1) is 0 Å². The molecule has 0 unspecified atom stereocenters. The number of hydrogen-bond acceptors (Lipinski definition) is 4. The lowest BCUT2D eigenvalue weighted by molar-refractivity contribution is 0.104. The van der Waals surface area contributed by atoms with E-state index >= 15 is 0 Å². The molecule has 1 aromatic carbocycles. The molecular weight excluding hydrogens is 334 g/mol. The minimum Gasteiger partial charge on any atom is -0.444 e. The van der Waals surface area contributed by atoms with Gasteiger partial charge in [0.05, 0.1) is 12.2 Å². The van der Waals surface area contributed by atoms with Crippen LogP contribution in [0.15, 0.2) is 28.7 Å². The van der Waals surface area contributed by atoms with E-state index in [-0.39, 0.29) is 5.41 Å². The molecule has 2 aliphatic rings. The number of halogens is 1. The Morgan fingerprint density at radius 3 is 2.88 bits per heavy atom. The molecule has 0 bridgehead atoms. The highest BCUT2D eigenvalue weighted by molar-refractivity contribution is 6.30. The first-order valence-electron chi connectivity index (χ1n) is 9.25. The molecule has 1 saturated carbocycles.